The molecule has 4 rings (SSSR count). The van der Waals surface area contributed by atoms with Crippen molar-refractivity contribution in [3.05, 3.63) is 53.1 Å². The summed E-state index contributed by atoms with van der Waals surface area (Å²) < 4.78 is 16.3. The molecule has 0 aromatic heterocycles. The molecule has 1 N–H and O–H groups in total. The smallest absolute Gasteiger partial charge is 0.321 e. The van der Waals surface area contributed by atoms with E-state index in [4.69, 9.17) is 25.8 Å². The van der Waals surface area contributed by atoms with E-state index in [1.54, 1.807) is 18.2 Å². The number of ether oxygens (including phenoxy) is 3. The van der Waals surface area contributed by atoms with Crippen LogP contribution in [0.1, 0.15) is 31.7 Å². The number of nitrogens with zero attached hydrogens (tertiary/aromatic N) is 2. The molecule has 0 atom stereocenters. The van der Waals surface area contributed by atoms with Crippen molar-refractivity contribution >= 4 is 35.3 Å². The van der Waals surface area contributed by atoms with Gasteiger partial charge in [-0.05, 0) is 49.8 Å². The molecule has 0 saturated carbocycles. The van der Waals surface area contributed by atoms with E-state index in [1.807, 2.05) is 47.1 Å². The first kappa shape index (κ1) is 26.7. The Hall–Kier alpha value is -3.39. The quantitative estimate of drug-likeness (QED) is 0.493. The Morgan fingerprint density at radius 3 is 2.35 bits per heavy atom. The lowest BCUT2D eigenvalue weighted by molar-refractivity contribution is -0.128. The number of carbonyl (C=O) groups excluding carboxylic acids is 2. The average molecular weight is 528 g/mol. The molecule has 8 nitrogen and oxygen atoms in total. The van der Waals surface area contributed by atoms with Gasteiger partial charge in [-0.1, -0.05) is 29.8 Å². The van der Waals surface area contributed by atoms with Gasteiger partial charge in [0.25, 0.3) is 0 Å². The van der Waals surface area contributed by atoms with Crippen molar-refractivity contribution in [1.82, 2.24) is 9.80 Å². The highest BCUT2D eigenvalue weighted by Crippen LogP contribution is 2.41. The molecule has 2 fully saturated rings. The lowest BCUT2D eigenvalue weighted by atomic mass is 9.78. The number of urea groups is 1. The molecule has 0 bridgehead atoms. The first-order chi connectivity index (χ1) is 17.9. The van der Waals surface area contributed by atoms with Gasteiger partial charge in [-0.3, -0.25) is 4.79 Å². The van der Waals surface area contributed by atoms with Gasteiger partial charge >= 0.3 is 6.03 Å². The summed E-state index contributed by atoms with van der Waals surface area (Å²) in [5, 5.41) is 3.32. The minimum Gasteiger partial charge on any atom is -0.495 e. The highest BCUT2D eigenvalue weighted by Gasteiger charge is 2.42. The van der Waals surface area contributed by atoms with Crippen LogP contribution in [0.3, 0.4) is 0 Å². The molecular weight excluding hydrogens is 494 g/mol. The standard InChI is InChI=1S/C28H34ClN3O5/c1-4-37-23-8-6-5-7-20(23)9-10-26(33)31-14-11-28(12-15-31)13-16-32(19-28)27(34)30-22-17-21(29)24(35-2)18-25(22)36-3/h5-10,17-18H,4,11-16,19H2,1-3H3,(H,30,34). The third-order valence-electron chi connectivity index (χ3n) is 7.20. The molecule has 2 heterocycles. The summed E-state index contributed by atoms with van der Waals surface area (Å²) in [5.41, 5.74) is 1.41. The monoisotopic (exact) mass is 527 g/mol. The number of hydrogen-bond acceptors (Lipinski definition) is 5. The molecule has 37 heavy (non-hydrogen) atoms. The van der Waals surface area contributed by atoms with E-state index < -0.39 is 0 Å². The van der Waals surface area contributed by atoms with Crippen LogP contribution in [0.25, 0.3) is 6.08 Å². The number of amides is 3. The van der Waals surface area contributed by atoms with Crippen molar-refractivity contribution in [3.63, 3.8) is 0 Å². The lowest BCUT2D eigenvalue weighted by Gasteiger charge is -2.38. The van der Waals surface area contributed by atoms with Gasteiger partial charge in [-0.2, -0.15) is 0 Å². The van der Waals surface area contributed by atoms with E-state index in [0.29, 0.717) is 55.0 Å². The summed E-state index contributed by atoms with van der Waals surface area (Å²) in [6.45, 7) is 5.18. The molecular formula is C28H34ClN3O5. The van der Waals surface area contributed by atoms with Gasteiger partial charge in [0.1, 0.15) is 17.2 Å². The number of anilines is 1. The van der Waals surface area contributed by atoms with E-state index in [1.165, 1.54) is 14.2 Å². The highest BCUT2D eigenvalue weighted by atomic mass is 35.5. The van der Waals surface area contributed by atoms with Crippen molar-refractivity contribution in [2.24, 2.45) is 5.41 Å². The van der Waals surface area contributed by atoms with Crippen molar-refractivity contribution in [2.45, 2.75) is 26.2 Å². The molecule has 3 amide bonds. The Labute approximate surface area is 223 Å². The summed E-state index contributed by atoms with van der Waals surface area (Å²) in [5.74, 6) is 1.72. The van der Waals surface area contributed by atoms with E-state index in [2.05, 4.69) is 5.32 Å². The second-order valence-electron chi connectivity index (χ2n) is 9.42. The molecule has 2 aliphatic rings. The van der Waals surface area contributed by atoms with E-state index in [-0.39, 0.29) is 17.4 Å². The molecule has 2 aromatic rings. The predicted molar refractivity (Wildman–Crippen MR) is 145 cm³/mol. The zero-order valence-electron chi connectivity index (χ0n) is 21.6. The van der Waals surface area contributed by atoms with Crippen LogP contribution in [0.2, 0.25) is 5.02 Å². The molecule has 0 aliphatic carbocycles. The first-order valence-corrected chi connectivity index (χ1v) is 12.9. The third-order valence-corrected chi connectivity index (χ3v) is 7.50. The fraction of sp³-hybridized carbons (Fsp3) is 0.429. The lowest BCUT2D eigenvalue weighted by Crippen LogP contribution is -2.44. The zero-order valence-corrected chi connectivity index (χ0v) is 22.3. The number of methoxy groups -OCH3 is 2. The maximum Gasteiger partial charge on any atom is 0.321 e. The molecule has 2 saturated heterocycles. The minimum absolute atomic E-state index is 0.00257. The molecule has 198 valence electrons. The summed E-state index contributed by atoms with van der Waals surface area (Å²) in [7, 11) is 3.06. The fourth-order valence-corrected chi connectivity index (χ4v) is 5.28. The van der Waals surface area contributed by atoms with Crippen molar-refractivity contribution in [1.29, 1.82) is 0 Å². The number of hydrogen-bond donors (Lipinski definition) is 1. The van der Waals surface area contributed by atoms with Crippen molar-refractivity contribution < 1.29 is 23.8 Å². The van der Waals surface area contributed by atoms with Crippen molar-refractivity contribution in [3.8, 4) is 17.2 Å². The molecule has 9 heteroatoms. The number of carbonyl (C=O) groups is 2. The Morgan fingerprint density at radius 2 is 1.68 bits per heavy atom. The Morgan fingerprint density at radius 1 is 1.00 bits per heavy atom. The van der Waals surface area contributed by atoms with Gasteiger partial charge in [0, 0.05) is 43.9 Å². The Bertz CT molecular complexity index is 1160. The number of para-hydroxylation sites is 1. The van der Waals surface area contributed by atoms with Gasteiger partial charge in [-0.25, -0.2) is 4.79 Å². The minimum atomic E-state index is -0.189. The van der Waals surface area contributed by atoms with Crippen LogP contribution >= 0.6 is 11.6 Å². The highest BCUT2D eigenvalue weighted by molar-refractivity contribution is 6.32. The number of likely N-dealkylation sites (tertiary alicyclic amines) is 2. The molecule has 1 spiro atoms. The van der Waals surface area contributed by atoms with Crippen LogP contribution in [0.4, 0.5) is 10.5 Å². The van der Waals surface area contributed by atoms with Crippen LogP contribution in [0, 0.1) is 5.41 Å². The number of benzene rings is 2. The zero-order chi connectivity index (χ0) is 26.4. The number of halogens is 1. The SMILES string of the molecule is CCOc1ccccc1C=CC(=O)N1CCC2(CC1)CCN(C(=O)Nc1cc(Cl)c(OC)cc1OC)C2. The van der Waals surface area contributed by atoms with Crippen molar-refractivity contribution in [2.75, 3.05) is 52.3 Å². The van der Waals surface area contributed by atoms with E-state index in [9.17, 15) is 9.59 Å². The number of rotatable bonds is 7. The maximum atomic E-state index is 13.0. The second kappa shape index (κ2) is 11.8. The topological polar surface area (TPSA) is 80.3 Å². The second-order valence-corrected chi connectivity index (χ2v) is 9.83. The third kappa shape index (κ3) is 6.13. The Balaban J connectivity index is 1.32. The van der Waals surface area contributed by atoms with E-state index >= 15 is 0 Å². The fourth-order valence-electron chi connectivity index (χ4n) is 5.04. The number of piperidine rings is 1. The van der Waals surface area contributed by atoms with Crippen LogP contribution in [-0.4, -0.2) is 68.7 Å². The normalized spacial score (nSPS) is 16.8. The first-order valence-electron chi connectivity index (χ1n) is 12.5. The van der Waals surface area contributed by atoms with Gasteiger partial charge in [-0.15, -0.1) is 0 Å². The molecule has 2 aromatic carbocycles. The van der Waals surface area contributed by atoms with Crippen LogP contribution < -0.4 is 19.5 Å². The molecule has 2 aliphatic heterocycles. The average Bonchev–Trinajstić information content (AvgIpc) is 3.32. The molecule has 0 radical (unpaired) electrons. The van der Waals surface area contributed by atoms with Gasteiger partial charge in [0.2, 0.25) is 5.91 Å². The van der Waals surface area contributed by atoms with E-state index in [0.717, 1.165) is 30.6 Å². The van der Waals surface area contributed by atoms with Crippen LogP contribution in [-0.2, 0) is 4.79 Å². The van der Waals surface area contributed by atoms with Gasteiger partial charge in [0.15, 0.2) is 0 Å². The van der Waals surface area contributed by atoms with Gasteiger partial charge in [0.05, 0.1) is 31.5 Å². The Kier molecular flexibility index (Phi) is 8.48. The maximum absolute atomic E-state index is 13.0. The molecule has 0 unspecified atom stereocenters. The largest absolute Gasteiger partial charge is 0.495 e. The number of nitrogens with one attached hydrogen (secondary N) is 1. The van der Waals surface area contributed by atoms with Crippen LogP contribution in [0.15, 0.2) is 42.5 Å². The summed E-state index contributed by atoms with van der Waals surface area (Å²) >= 11 is 6.25. The summed E-state index contributed by atoms with van der Waals surface area (Å²) in [6, 6.07) is 10.8. The van der Waals surface area contributed by atoms with Gasteiger partial charge < -0.3 is 29.3 Å². The van der Waals surface area contributed by atoms with Crippen LogP contribution in [0.5, 0.6) is 17.2 Å². The predicted octanol–water partition coefficient (Wildman–Crippen LogP) is 5.32. The summed E-state index contributed by atoms with van der Waals surface area (Å²) in [6.07, 6.45) is 6.09. The summed E-state index contributed by atoms with van der Waals surface area (Å²) in [4.78, 5) is 29.6.